The van der Waals surface area contributed by atoms with Crippen molar-refractivity contribution in [3.05, 3.63) is 55.5 Å². The van der Waals surface area contributed by atoms with Gasteiger partial charge in [0.05, 0.1) is 21.6 Å². The minimum atomic E-state index is -0.426. The van der Waals surface area contributed by atoms with Crippen LogP contribution < -0.4 is 0 Å². The number of phenolic OH excluding ortho intramolecular Hbond substituents is 2. The molecule has 0 amide bonds. The molecule has 0 aliphatic heterocycles. The molecule has 2 aromatic rings. The van der Waals surface area contributed by atoms with Crippen LogP contribution in [0.1, 0.15) is 44.7 Å². The van der Waals surface area contributed by atoms with Gasteiger partial charge in [-0.3, -0.25) is 9.98 Å². The highest BCUT2D eigenvalue weighted by Crippen LogP contribution is 2.50. The largest absolute Gasteiger partial charge is 0.506 e. The van der Waals surface area contributed by atoms with E-state index in [2.05, 4.69) is 20.8 Å². The van der Waals surface area contributed by atoms with Gasteiger partial charge in [-0.15, -0.1) is 0 Å². The summed E-state index contributed by atoms with van der Waals surface area (Å²) in [6.45, 7) is 6.28. The van der Waals surface area contributed by atoms with Gasteiger partial charge in [0.25, 0.3) is 0 Å². The minimum Gasteiger partial charge on any atom is -0.506 e. The van der Waals surface area contributed by atoms with Crippen molar-refractivity contribution < 1.29 is 10.2 Å². The van der Waals surface area contributed by atoms with Crippen LogP contribution in [0.5, 0.6) is 11.5 Å². The summed E-state index contributed by atoms with van der Waals surface area (Å²) in [6.07, 6.45) is 4.84. The van der Waals surface area contributed by atoms with Crippen LogP contribution in [0.2, 0.25) is 20.1 Å². The van der Waals surface area contributed by atoms with Crippen LogP contribution in [0, 0.1) is 5.41 Å². The molecule has 4 nitrogen and oxygen atoms in total. The van der Waals surface area contributed by atoms with E-state index < -0.39 is 5.54 Å². The molecule has 3 rings (SSSR count). The fourth-order valence-corrected chi connectivity index (χ4v) is 4.72. The maximum Gasteiger partial charge on any atom is 0.143 e. The Morgan fingerprint density at radius 3 is 1.90 bits per heavy atom. The van der Waals surface area contributed by atoms with Crippen molar-refractivity contribution in [2.75, 3.05) is 0 Å². The highest BCUT2D eigenvalue weighted by molar-refractivity contribution is 6.36. The molecule has 0 bridgehead atoms. The van der Waals surface area contributed by atoms with E-state index >= 15 is 0 Å². The fourth-order valence-electron chi connectivity index (χ4n) is 3.70. The van der Waals surface area contributed by atoms with Crippen LogP contribution in [0.25, 0.3) is 0 Å². The number of benzene rings is 2. The second-order valence-electron chi connectivity index (χ2n) is 8.24. The maximum absolute atomic E-state index is 10.2. The first kappa shape index (κ1) is 23.2. The first-order chi connectivity index (χ1) is 13.9. The Balaban J connectivity index is 1.86. The molecule has 160 valence electrons. The number of hydrogen-bond acceptors (Lipinski definition) is 4. The van der Waals surface area contributed by atoms with Crippen LogP contribution in [-0.2, 0) is 0 Å². The van der Waals surface area contributed by atoms with E-state index in [-0.39, 0.29) is 33.0 Å². The van der Waals surface area contributed by atoms with Crippen LogP contribution in [-0.4, -0.2) is 34.2 Å². The predicted octanol–water partition coefficient (Wildman–Crippen LogP) is 7.20. The van der Waals surface area contributed by atoms with Crippen molar-refractivity contribution in [2.45, 2.75) is 45.2 Å². The van der Waals surface area contributed by atoms with E-state index in [9.17, 15) is 10.2 Å². The predicted molar refractivity (Wildman–Crippen MR) is 127 cm³/mol. The lowest BCUT2D eigenvalue weighted by Crippen LogP contribution is -2.40. The monoisotopic (exact) mass is 486 g/mol. The number of phenols is 2. The van der Waals surface area contributed by atoms with Crippen LogP contribution >= 0.6 is 46.4 Å². The Morgan fingerprint density at radius 1 is 0.867 bits per heavy atom. The summed E-state index contributed by atoms with van der Waals surface area (Å²) in [5, 5.41) is 21.6. The summed E-state index contributed by atoms with van der Waals surface area (Å²) < 4.78 is 0. The zero-order valence-electron chi connectivity index (χ0n) is 16.8. The molecule has 0 saturated heterocycles. The number of halogens is 4. The van der Waals surface area contributed by atoms with E-state index in [0.29, 0.717) is 21.2 Å². The van der Waals surface area contributed by atoms with Gasteiger partial charge in [-0.2, -0.15) is 0 Å². The van der Waals surface area contributed by atoms with E-state index in [1.54, 1.807) is 24.6 Å². The van der Waals surface area contributed by atoms with E-state index in [1.807, 2.05) is 0 Å². The van der Waals surface area contributed by atoms with E-state index in [1.165, 1.54) is 12.1 Å². The van der Waals surface area contributed by atoms with Crippen LogP contribution in [0.3, 0.4) is 0 Å². The van der Waals surface area contributed by atoms with Crippen molar-refractivity contribution >= 4 is 58.8 Å². The third kappa shape index (κ3) is 4.43. The molecule has 2 N–H and O–H groups in total. The molecule has 0 heterocycles. The second kappa shape index (κ2) is 8.58. The summed E-state index contributed by atoms with van der Waals surface area (Å²) in [5.41, 5.74) is 0.217. The van der Waals surface area contributed by atoms with Crippen molar-refractivity contribution in [1.29, 1.82) is 0 Å². The average molecular weight is 488 g/mol. The van der Waals surface area contributed by atoms with Crippen molar-refractivity contribution in [3.63, 3.8) is 0 Å². The summed E-state index contributed by atoms with van der Waals surface area (Å²) in [5.74, 6) is -0.0955. The van der Waals surface area contributed by atoms with Gasteiger partial charge in [0.1, 0.15) is 11.5 Å². The van der Waals surface area contributed by atoms with Crippen molar-refractivity contribution in [2.24, 2.45) is 15.4 Å². The Hall–Kier alpha value is -1.46. The summed E-state index contributed by atoms with van der Waals surface area (Å²) >= 11 is 24.1. The Labute approximate surface area is 196 Å². The average Bonchev–Trinajstić information content (AvgIpc) is 2.88. The quantitative estimate of drug-likeness (QED) is 0.448. The van der Waals surface area contributed by atoms with Gasteiger partial charge in [-0.05, 0) is 44.0 Å². The normalized spacial score (nSPS) is 23.6. The first-order valence-corrected chi connectivity index (χ1v) is 10.9. The van der Waals surface area contributed by atoms with Gasteiger partial charge < -0.3 is 10.2 Å². The van der Waals surface area contributed by atoms with Crippen LogP contribution in [0.15, 0.2) is 34.3 Å². The highest BCUT2D eigenvalue weighted by Gasteiger charge is 2.51. The standard InChI is InChI=1S/C22H22Cl4N2O2/c1-21(2)18(27-10-12-6-14(23)8-16(25)19(12)29)4-5-22(21,3)28-11-13-7-15(24)9-17(26)20(13)30/h6-11,18,29-30H,4-5H2,1-3H3/t18-,22+/m0/s1. The lowest BCUT2D eigenvalue weighted by molar-refractivity contribution is 0.211. The molecule has 0 unspecified atom stereocenters. The molecule has 1 fully saturated rings. The third-order valence-electron chi connectivity index (χ3n) is 6.12. The molecular formula is C22H22Cl4N2O2. The minimum absolute atomic E-state index is 0.0339. The van der Waals surface area contributed by atoms with Gasteiger partial charge in [0.15, 0.2) is 0 Å². The molecule has 1 aliphatic rings. The number of aromatic hydroxyl groups is 2. The third-order valence-corrected chi connectivity index (χ3v) is 7.14. The first-order valence-electron chi connectivity index (χ1n) is 9.39. The van der Waals surface area contributed by atoms with E-state index in [4.69, 9.17) is 56.4 Å². The topological polar surface area (TPSA) is 65.2 Å². The zero-order chi connectivity index (χ0) is 22.3. The van der Waals surface area contributed by atoms with Crippen molar-refractivity contribution in [3.8, 4) is 11.5 Å². The van der Waals surface area contributed by atoms with E-state index in [0.717, 1.165) is 12.8 Å². The Bertz CT molecular complexity index is 1040. The molecule has 8 heteroatoms. The lowest BCUT2D eigenvalue weighted by atomic mass is 9.74. The Kier molecular flexibility index (Phi) is 6.64. The Morgan fingerprint density at radius 2 is 1.37 bits per heavy atom. The summed E-state index contributed by atoms with van der Waals surface area (Å²) in [4.78, 5) is 9.52. The second-order valence-corrected chi connectivity index (χ2v) is 9.92. The van der Waals surface area contributed by atoms with Gasteiger partial charge in [0.2, 0.25) is 0 Å². The van der Waals surface area contributed by atoms with Gasteiger partial charge >= 0.3 is 0 Å². The summed E-state index contributed by atoms with van der Waals surface area (Å²) in [7, 11) is 0. The van der Waals surface area contributed by atoms with Gasteiger partial charge in [0, 0.05) is 39.0 Å². The summed E-state index contributed by atoms with van der Waals surface area (Å²) in [6, 6.07) is 6.18. The molecule has 1 saturated carbocycles. The highest BCUT2D eigenvalue weighted by atomic mass is 35.5. The number of hydrogen-bond donors (Lipinski definition) is 2. The molecule has 2 aromatic carbocycles. The maximum atomic E-state index is 10.2. The van der Waals surface area contributed by atoms with Gasteiger partial charge in [-0.25, -0.2) is 0 Å². The van der Waals surface area contributed by atoms with Gasteiger partial charge in [-0.1, -0.05) is 60.3 Å². The molecule has 0 aromatic heterocycles. The fraction of sp³-hybridized carbons (Fsp3) is 0.364. The lowest BCUT2D eigenvalue weighted by Gasteiger charge is -2.37. The molecule has 0 radical (unpaired) electrons. The van der Waals surface area contributed by atoms with Crippen molar-refractivity contribution in [1.82, 2.24) is 0 Å². The smallest absolute Gasteiger partial charge is 0.143 e. The molecule has 1 aliphatic carbocycles. The van der Waals surface area contributed by atoms with Crippen LogP contribution in [0.4, 0.5) is 0 Å². The zero-order valence-corrected chi connectivity index (χ0v) is 19.8. The number of rotatable bonds is 4. The molecule has 0 spiro atoms. The molecule has 30 heavy (non-hydrogen) atoms. The SMILES string of the molecule is CC1(C)[C@@H](N=Cc2cc(Cl)cc(Cl)c2O)CC[C@@]1(C)N=Cc1cc(Cl)cc(Cl)c1O. The molecular weight excluding hydrogens is 466 g/mol. The number of aliphatic imine (C=N–C) groups is 2. The number of nitrogens with zero attached hydrogens (tertiary/aromatic N) is 2. The molecule has 2 atom stereocenters.